The third kappa shape index (κ3) is 3.97. The summed E-state index contributed by atoms with van der Waals surface area (Å²) < 4.78 is 52.7. The molecule has 0 aliphatic heterocycles. The largest absolute Gasteiger partial charge is 0.416 e. The Morgan fingerprint density at radius 2 is 1.81 bits per heavy atom. The van der Waals surface area contributed by atoms with Crippen molar-refractivity contribution in [1.29, 1.82) is 0 Å². The van der Waals surface area contributed by atoms with Crippen molar-refractivity contribution in [3.63, 3.8) is 0 Å². The number of hydrogen-bond donors (Lipinski definition) is 1. The molecular formula is C15H12BrF4N. The molecule has 0 radical (unpaired) electrons. The minimum Gasteiger partial charge on any atom is -0.381 e. The highest BCUT2D eigenvalue weighted by Gasteiger charge is 2.32. The van der Waals surface area contributed by atoms with Crippen molar-refractivity contribution in [1.82, 2.24) is 0 Å². The Kier molecular flexibility index (Phi) is 4.56. The number of benzene rings is 2. The first-order valence-electron chi connectivity index (χ1n) is 6.13. The molecule has 0 amide bonds. The summed E-state index contributed by atoms with van der Waals surface area (Å²) in [5.74, 6) is -0.417. The first-order valence-corrected chi connectivity index (χ1v) is 6.92. The van der Waals surface area contributed by atoms with Gasteiger partial charge < -0.3 is 5.32 Å². The smallest absolute Gasteiger partial charge is 0.381 e. The van der Waals surface area contributed by atoms with Crippen molar-refractivity contribution in [2.75, 3.05) is 5.32 Å². The third-order valence-electron chi connectivity index (χ3n) is 3.04. The van der Waals surface area contributed by atoms with Crippen LogP contribution in [-0.4, -0.2) is 0 Å². The minimum absolute atomic E-state index is 0.111. The Labute approximate surface area is 128 Å². The second-order valence-corrected chi connectivity index (χ2v) is 5.53. The number of rotatable bonds is 3. The fourth-order valence-electron chi connectivity index (χ4n) is 1.90. The highest BCUT2D eigenvalue weighted by Crippen LogP contribution is 2.33. The van der Waals surface area contributed by atoms with E-state index in [0.29, 0.717) is 15.7 Å². The van der Waals surface area contributed by atoms with Gasteiger partial charge in [0.2, 0.25) is 0 Å². The average molecular weight is 362 g/mol. The van der Waals surface area contributed by atoms with E-state index in [9.17, 15) is 17.6 Å². The van der Waals surface area contributed by atoms with Gasteiger partial charge in [-0.3, -0.25) is 0 Å². The van der Waals surface area contributed by atoms with Gasteiger partial charge in [0.15, 0.2) is 0 Å². The van der Waals surface area contributed by atoms with Crippen LogP contribution in [0.15, 0.2) is 40.9 Å². The molecule has 2 aromatic rings. The Balaban J connectivity index is 2.17. The van der Waals surface area contributed by atoms with Crippen LogP contribution in [0.5, 0.6) is 0 Å². The number of halogens is 5. The van der Waals surface area contributed by atoms with Crippen LogP contribution in [0.2, 0.25) is 0 Å². The molecule has 0 bridgehead atoms. The van der Waals surface area contributed by atoms with Crippen LogP contribution in [0.25, 0.3) is 0 Å². The van der Waals surface area contributed by atoms with E-state index in [1.807, 2.05) is 0 Å². The predicted octanol–water partition coefficient (Wildman–Crippen LogP) is 5.53. The summed E-state index contributed by atoms with van der Waals surface area (Å²) in [5.41, 5.74) is 0.147. The van der Waals surface area contributed by atoms with Crippen LogP contribution in [0.4, 0.5) is 23.2 Å². The van der Waals surface area contributed by atoms with Crippen molar-refractivity contribution >= 4 is 21.6 Å². The Morgan fingerprint density at radius 1 is 1.10 bits per heavy atom. The quantitative estimate of drug-likeness (QED) is 0.709. The summed E-state index contributed by atoms with van der Waals surface area (Å²) in [6, 6.07) is 8.53. The van der Waals surface area contributed by atoms with Gasteiger partial charge in [-0.2, -0.15) is 13.2 Å². The predicted molar refractivity (Wildman–Crippen MR) is 77.6 cm³/mol. The topological polar surface area (TPSA) is 12.0 Å². The number of aryl methyl sites for hydroxylation is 1. The maximum atomic E-state index is 13.6. The Hall–Kier alpha value is -1.56. The molecule has 0 aliphatic carbocycles. The van der Waals surface area contributed by atoms with Gasteiger partial charge >= 0.3 is 6.18 Å². The molecule has 0 atom stereocenters. The Morgan fingerprint density at radius 3 is 2.43 bits per heavy atom. The summed E-state index contributed by atoms with van der Waals surface area (Å²) >= 11 is 3.15. The zero-order valence-corrected chi connectivity index (χ0v) is 12.6. The van der Waals surface area contributed by atoms with Gasteiger partial charge in [0.05, 0.1) is 5.56 Å². The van der Waals surface area contributed by atoms with E-state index in [2.05, 4.69) is 21.2 Å². The number of alkyl halides is 3. The van der Waals surface area contributed by atoms with Gasteiger partial charge in [-0.25, -0.2) is 4.39 Å². The lowest BCUT2D eigenvalue weighted by Gasteiger charge is -2.13. The lowest BCUT2D eigenvalue weighted by Crippen LogP contribution is -2.09. The van der Waals surface area contributed by atoms with Crippen LogP contribution >= 0.6 is 15.9 Å². The molecule has 6 heteroatoms. The molecule has 112 valence electrons. The molecule has 0 aliphatic rings. The van der Waals surface area contributed by atoms with Gasteiger partial charge in [0.1, 0.15) is 5.82 Å². The SMILES string of the molecule is Cc1ccc(NCc2ccc(Br)cc2F)cc1C(F)(F)F. The molecule has 0 saturated carbocycles. The number of hydrogen-bond acceptors (Lipinski definition) is 1. The maximum absolute atomic E-state index is 13.6. The van der Waals surface area contributed by atoms with E-state index in [-0.39, 0.29) is 12.1 Å². The van der Waals surface area contributed by atoms with Crippen LogP contribution < -0.4 is 5.32 Å². The highest BCUT2D eigenvalue weighted by atomic mass is 79.9. The van der Waals surface area contributed by atoms with Crippen LogP contribution in [0.1, 0.15) is 16.7 Å². The molecule has 0 heterocycles. The summed E-state index contributed by atoms with van der Waals surface area (Å²) in [6.07, 6.45) is -4.40. The monoisotopic (exact) mass is 361 g/mol. The lowest BCUT2D eigenvalue weighted by atomic mass is 10.1. The van der Waals surface area contributed by atoms with Gasteiger partial charge in [0.25, 0.3) is 0 Å². The van der Waals surface area contributed by atoms with Crippen LogP contribution in [0, 0.1) is 12.7 Å². The molecule has 0 spiro atoms. The highest BCUT2D eigenvalue weighted by molar-refractivity contribution is 9.10. The molecule has 2 aromatic carbocycles. The standard InChI is InChI=1S/C15H12BrF4N/c1-9-2-5-12(7-13(9)15(18,19)20)21-8-10-3-4-11(16)6-14(10)17/h2-7,21H,8H2,1H3. The van der Waals surface area contributed by atoms with E-state index in [0.717, 1.165) is 6.07 Å². The second-order valence-electron chi connectivity index (χ2n) is 4.62. The molecule has 0 unspecified atom stereocenters. The van der Waals surface area contributed by atoms with E-state index in [4.69, 9.17) is 0 Å². The average Bonchev–Trinajstić information content (AvgIpc) is 2.38. The van der Waals surface area contributed by atoms with Crippen molar-refractivity contribution in [2.24, 2.45) is 0 Å². The number of nitrogens with one attached hydrogen (secondary N) is 1. The fourth-order valence-corrected chi connectivity index (χ4v) is 2.23. The molecule has 21 heavy (non-hydrogen) atoms. The van der Waals surface area contributed by atoms with E-state index >= 15 is 0 Å². The summed E-state index contributed by atoms with van der Waals surface area (Å²) in [6.45, 7) is 1.51. The number of anilines is 1. The molecule has 0 saturated heterocycles. The Bertz CT molecular complexity index is 653. The molecule has 0 aromatic heterocycles. The normalized spacial score (nSPS) is 11.5. The molecule has 2 rings (SSSR count). The molecule has 1 N–H and O–H groups in total. The summed E-state index contributed by atoms with van der Waals surface area (Å²) in [7, 11) is 0. The van der Waals surface area contributed by atoms with Gasteiger partial charge in [0, 0.05) is 22.3 Å². The van der Waals surface area contributed by atoms with Gasteiger partial charge in [-0.05, 0) is 36.8 Å². The van der Waals surface area contributed by atoms with E-state index < -0.39 is 17.6 Å². The maximum Gasteiger partial charge on any atom is 0.416 e. The van der Waals surface area contributed by atoms with Crippen molar-refractivity contribution in [2.45, 2.75) is 19.6 Å². The van der Waals surface area contributed by atoms with Crippen molar-refractivity contribution in [3.8, 4) is 0 Å². The summed E-state index contributed by atoms with van der Waals surface area (Å²) in [5, 5.41) is 2.81. The third-order valence-corrected chi connectivity index (χ3v) is 3.53. The first kappa shape index (κ1) is 15.8. The van der Waals surface area contributed by atoms with Crippen LogP contribution in [-0.2, 0) is 12.7 Å². The molecular weight excluding hydrogens is 350 g/mol. The van der Waals surface area contributed by atoms with Gasteiger partial charge in [-0.1, -0.05) is 28.1 Å². The first-order chi connectivity index (χ1) is 9.77. The minimum atomic E-state index is -4.40. The van der Waals surface area contributed by atoms with E-state index in [1.165, 1.54) is 19.1 Å². The van der Waals surface area contributed by atoms with E-state index in [1.54, 1.807) is 18.2 Å². The molecule has 0 fully saturated rings. The summed E-state index contributed by atoms with van der Waals surface area (Å²) in [4.78, 5) is 0. The zero-order chi connectivity index (χ0) is 15.6. The molecule has 1 nitrogen and oxygen atoms in total. The van der Waals surface area contributed by atoms with Crippen molar-refractivity contribution in [3.05, 3.63) is 63.4 Å². The second kappa shape index (κ2) is 6.05. The van der Waals surface area contributed by atoms with Gasteiger partial charge in [-0.15, -0.1) is 0 Å². The van der Waals surface area contributed by atoms with Crippen molar-refractivity contribution < 1.29 is 17.6 Å². The zero-order valence-electron chi connectivity index (χ0n) is 11.1. The van der Waals surface area contributed by atoms with Crippen LogP contribution in [0.3, 0.4) is 0 Å². The fraction of sp³-hybridized carbons (Fsp3) is 0.200. The lowest BCUT2D eigenvalue weighted by molar-refractivity contribution is -0.138.